The second-order valence-electron chi connectivity index (χ2n) is 3.35. The molecule has 2 N–H and O–H groups in total. The Morgan fingerprint density at radius 2 is 2.07 bits per heavy atom. The van der Waals surface area contributed by atoms with Crippen LogP contribution in [0.4, 0.5) is 0 Å². The van der Waals surface area contributed by atoms with Gasteiger partial charge in [-0.25, -0.2) is 0 Å². The van der Waals surface area contributed by atoms with E-state index in [1.54, 1.807) is 0 Å². The van der Waals surface area contributed by atoms with Crippen LogP contribution in [0.25, 0.3) is 0 Å². The Morgan fingerprint density at radius 1 is 1.29 bits per heavy atom. The van der Waals surface area contributed by atoms with Gasteiger partial charge in [0.05, 0.1) is 5.84 Å². The van der Waals surface area contributed by atoms with E-state index in [0.717, 1.165) is 24.6 Å². The molecule has 0 radical (unpaired) electrons. The number of thioether (sulfide) groups is 1. The summed E-state index contributed by atoms with van der Waals surface area (Å²) in [7, 11) is 0. The lowest BCUT2D eigenvalue weighted by Crippen LogP contribution is -2.13. The molecular formula is C11H14N2S. The molecule has 0 aliphatic carbocycles. The van der Waals surface area contributed by atoms with E-state index < -0.39 is 0 Å². The maximum atomic E-state index is 5.80. The van der Waals surface area contributed by atoms with Gasteiger partial charge in [-0.2, -0.15) is 11.8 Å². The molecule has 1 aromatic carbocycles. The molecule has 0 bridgehead atoms. The van der Waals surface area contributed by atoms with E-state index in [0.29, 0.717) is 5.25 Å². The first kappa shape index (κ1) is 9.59. The summed E-state index contributed by atoms with van der Waals surface area (Å²) in [6, 6.07) is 10.5. The average molecular weight is 206 g/mol. The summed E-state index contributed by atoms with van der Waals surface area (Å²) in [6.07, 6.45) is 0.884. The number of aliphatic imine (C=N–C) groups is 1. The highest BCUT2D eigenvalue weighted by Crippen LogP contribution is 2.32. The molecule has 0 spiro atoms. The molecular weight excluding hydrogens is 192 g/mol. The number of nitrogens with zero attached hydrogens (tertiary/aromatic N) is 1. The molecule has 0 saturated heterocycles. The van der Waals surface area contributed by atoms with Gasteiger partial charge in [0.15, 0.2) is 0 Å². The van der Waals surface area contributed by atoms with Gasteiger partial charge < -0.3 is 5.73 Å². The number of amidine groups is 1. The van der Waals surface area contributed by atoms with Gasteiger partial charge in [-0.3, -0.25) is 4.99 Å². The Hall–Kier alpha value is -0.960. The Balaban J connectivity index is 2.15. The summed E-state index contributed by atoms with van der Waals surface area (Å²) < 4.78 is 0. The van der Waals surface area contributed by atoms with E-state index in [9.17, 15) is 0 Å². The van der Waals surface area contributed by atoms with Gasteiger partial charge in [-0.05, 0) is 5.56 Å². The summed E-state index contributed by atoms with van der Waals surface area (Å²) >= 11 is 1.95. The second kappa shape index (κ2) is 4.51. The lowest BCUT2D eigenvalue weighted by Gasteiger charge is -2.13. The zero-order valence-electron chi connectivity index (χ0n) is 8.02. The Kier molecular flexibility index (Phi) is 3.09. The molecule has 1 aliphatic heterocycles. The van der Waals surface area contributed by atoms with Crippen LogP contribution in [0.5, 0.6) is 0 Å². The molecule has 1 unspecified atom stereocenters. The molecule has 0 saturated carbocycles. The smallest absolute Gasteiger partial charge is 0.0951 e. The molecule has 1 aliphatic rings. The van der Waals surface area contributed by atoms with Crippen LogP contribution >= 0.6 is 11.8 Å². The average Bonchev–Trinajstić information content (AvgIpc) is 2.44. The van der Waals surface area contributed by atoms with Gasteiger partial charge in [0, 0.05) is 24.0 Å². The number of benzene rings is 1. The maximum Gasteiger partial charge on any atom is 0.0951 e. The Bertz CT molecular complexity index is 321. The van der Waals surface area contributed by atoms with Crippen LogP contribution in [0.2, 0.25) is 0 Å². The third-order valence-corrected chi connectivity index (χ3v) is 3.55. The molecule has 74 valence electrons. The van der Waals surface area contributed by atoms with Gasteiger partial charge in [0.2, 0.25) is 0 Å². The highest BCUT2D eigenvalue weighted by molar-refractivity contribution is 7.99. The molecule has 2 rings (SSSR count). The molecule has 0 aromatic heterocycles. The quantitative estimate of drug-likeness (QED) is 0.765. The third-order valence-electron chi connectivity index (χ3n) is 2.29. The van der Waals surface area contributed by atoms with Crippen LogP contribution in [0.1, 0.15) is 17.2 Å². The highest BCUT2D eigenvalue weighted by Gasteiger charge is 2.15. The molecule has 2 nitrogen and oxygen atoms in total. The Labute approximate surface area is 88.6 Å². The van der Waals surface area contributed by atoms with Gasteiger partial charge in [0.25, 0.3) is 0 Å². The standard InChI is InChI=1S/C11H14N2S/c12-11-8-10(14-7-6-13-11)9-4-2-1-3-5-9/h1-5,10H,6-8H2,(H2,12,13). The summed E-state index contributed by atoms with van der Waals surface area (Å²) in [5, 5.41) is 0.488. The first-order chi connectivity index (χ1) is 6.86. The van der Waals surface area contributed by atoms with Crippen LogP contribution in [-0.2, 0) is 0 Å². The third kappa shape index (κ3) is 2.29. The summed E-state index contributed by atoms with van der Waals surface area (Å²) in [5.41, 5.74) is 7.16. The zero-order chi connectivity index (χ0) is 9.80. The fourth-order valence-corrected chi connectivity index (χ4v) is 2.70. The van der Waals surface area contributed by atoms with Crippen LogP contribution in [0, 0.1) is 0 Å². The van der Waals surface area contributed by atoms with Crippen LogP contribution in [0.15, 0.2) is 35.3 Å². The van der Waals surface area contributed by atoms with E-state index in [-0.39, 0.29) is 0 Å². The van der Waals surface area contributed by atoms with Crippen molar-refractivity contribution < 1.29 is 0 Å². The van der Waals surface area contributed by atoms with Crippen molar-refractivity contribution in [2.75, 3.05) is 12.3 Å². The maximum absolute atomic E-state index is 5.80. The van der Waals surface area contributed by atoms with Crippen molar-refractivity contribution >= 4 is 17.6 Å². The van der Waals surface area contributed by atoms with E-state index in [1.165, 1.54) is 5.56 Å². The highest BCUT2D eigenvalue weighted by atomic mass is 32.2. The molecule has 1 aromatic rings. The van der Waals surface area contributed by atoms with Gasteiger partial charge in [-0.15, -0.1) is 0 Å². The molecule has 3 heteroatoms. The zero-order valence-corrected chi connectivity index (χ0v) is 8.83. The molecule has 1 heterocycles. The largest absolute Gasteiger partial charge is 0.387 e. The predicted molar refractivity (Wildman–Crippen MR) is 62.7 cm³/mol. The van der Waals surface area contributed by atoms with E-state index in [2.05, 4.69) is 29.3 Å². The SMILES string of the molecule is NC1=NCCSC(c2ccccc2)C1. The van der Waals surface area contributed by atoms with E-state index >= 15 is 0 Å². The van der Waals surface area contributed by atoms with E-state index in [4.69, 9.17) is 5.73 Å². The van der Waals surface area contributed by atoms with Crippen molar-refractivity contribution in [1.29, 1.82) is 0 Å². The van der Waals surface area contributed by atoms with Crippen LogP contribution in [-0.4, -0.2) is 18.1 Å². The summed E-state index contributed by atoms with van der Waals surface area (Å²) in [4.78, 5) is 4.27. The first-order valence-electron chi connectivity index (χ1n) is 4.81. The summed E-state index contributed by atoms with van der Waals surface area (Å²) in [5.74, 6) is 1.86. The first-order valence-corrected chi connectivity index (χ1v) is 5.86. The second-order valence-corrected chi connectivity index (χ2v) is 4.66. The Morgan fingerprint density at radius 3 is 2.86 bits per heavy atom. The van der Waals surface area contributed by atoms with E-state index in [1.807, 2.05) is 17.8 Å². The minimum Gasteiger partial charge on any atom is -0.387 e. The number of hydrogen-bond donors (Lipinski definition) is 1. The lowest BCUT2D eigenvalue weighted by molar-refractivity contribution is 0.999. The number of hydrogen-bond acceptors (Lipinski definition) is 3. The molecule has 14 heavy (non-hydrogen) atoms. The monoisotopic (exact) mass is 206 g/mol. The minimum atomic E-state index is 0.488. The van der Waals surface area contributed by atoms with Gasteiger partial charge in [0.1, 0.15) is 0 Å². The fourth-order valence-electron chi connectivity index (χ4n) is 1.58. The van der Waals surface area contributed by atoms with Crippen LogP contribution < -0.4 is 5.73 Å². The fraction of sp³-hybridized carbons (Fsp3) is 0.364. The number of rotatable bonds is 1. The van der Waals surface area contributed by atoms with Crippen molar-refractivity contribution in [2.24, 2.45) is 10.7 Å². The topological polar surface area (TPSA) is 38.4 Å². The van der Waals surface area contributed by atoms with Crippen molar-refractivity contribution in [3.05, 3.63) is 35.9 Å². The molecule has 0 fully saturated rings. The van der Waals surface area contributed by atoms with Gasteiger partial charge >= 0.3 is 0 Å². The van der Waals surface area contributed by atoms with Crippen LogP contribution in [0.3, 0.4) is 0 Å². The lowest BCUT2D eigenvalue weighted by atomic mass is 10.1. The van der Waals surface area contributed by atoms with Crippen molar-refractivity contribution in [3.8, 4) is 0 Å². The molecule has 0 amide bonds. The van der Waals surface area contributed by atoms with Gasteiger partial charge in [-0.1, -0.05) is 30.3 Å². The normalized spacial score (nSPS) is 22.6. The van der Waals surface area contributed by atoms with Crippen molar-refractivity contribution in [1.82, 2.24) is 0 Å². The van der Waals surface area contributed by atoms with Crippen molar-refractivity contribution in [3.63, 3.8) is 0 Å². The number of nitrogens with two attached hydrogens (primary N) is 1. The molecule has 1 atom stereocenters. The predicted octanol–water partition coefficient (Wildman–Crippen LogP) is 2.22. The minimum absolute atomic E-state index is 0.488. The summed E-state index contributed by atoms with van der Waals surface area (Å²) in [6.45, 7) is 0.861. The van der Waals surface area contributed by atoms with Crippen molar-refractivity contribution in [2.45, 2.75) is 11.7 Å².